The van der Waals surface area contributed by atoms with Crippen LogP contribution in [0, 0.1) is 6.92 Å². The van der Waals surface area contributed by atoms with Crippen molar-refractivity contribution in [2.45, 2.75) is 41.0 Å². The van der Waals surface area contributed by atoms with Crippen LogP contribution in [0.4, 0.5) is 0 Å². The summed E-state index contributed by atoms with van der Waals surface area (Å²) >= 11 is 0. The Kier molecular flexibility index (Phi) is 10.8. The van der Waals surface area contributed by atoms with Crippen LogP contribution in [0.25, 0.3) is 0 Å². The van der Waals surface area contributed by atoms with Gasteiger partial charge in [-0.2, -0.15) is 4.98 Å². The maximum absolute atomic E-state index is 11.1. The molecule has 16 heavy (non-hydrogen) atoms. The van der Waals surface area contributed by atoms with Gasteiger partial charge in [0.15, 0.2) is 5.82 Å². The van der Waals surface area contributed by atoms with Crippen molar-refractivity contribution in [2.24, 2.45) is 0 Å². The molecule has 0 radical (unpaired) electrons. The molecule has 1 heterocycles. The topological polar surface area (TPSA) is 59.2 Å². The number of hydrogen-bond acceptors (Lipinski definition) is 4. The molecular formula is C11H23N3O2. The maximum atomic E-state index is 11.1. The van der Waals surface area contributed by atoms with Gasteiger partial charge in [0.1, 0.15) is 6.42 Å². The second-order valence-electron chi connectivity index (χ2n) is 2.70. The van der Waals surface area contributed by atoms with Crippen molar-refractivity contribution in [1.82, 2.24) is 15.0 Å². The molecule has 94 valence electrons. The first-order chi connectivity index (χ1) is 7.59. The Hall–Kier alpha value is -1.39. The van der Waals surface area contributed by atoms with Crippen LogP contribution in [0.1, 0.15) is 39.4 Å². The molecule has 0 saturated carbocycles. The third kappa shape index (κ3) is 6.98. The number of carbonyl (C=O) groups excluding carboxylic acids is 1. The summed E-state index contributed by atoms with van der Waals surface area (Å²) in [5.41, 5.74) is 0. The predicted molar refractivity (Wildman–Crippen MR) is 64.1 cm³/mol. The first-order valence-electron chi connectivity index (χ1n) is 5.59. The normalized spacial score (nSPS) is 8.19. The molecule has 1 amide bonds. The van der Waals surface area contributed by atoms with Gasteiger partial charge in [-0.15, -0.1) is 0 Å². The van der Waals surface area contributed by atoms with E-state index < -0.39 is 0 Å². The minimum atomic E-state index is -0.0429. The van der Waals surface area contributed by atoms with E-state index in [-0.39, 0.29) is 12.3 Å². The zero-order chi connectivity index (χ0) is 13.1. The molecule has 0 bridgehead atoms. The molecule has 0 aliphatic carbocycles. The Morgan fingerprint density at radius 1 is 1.25 bits per heavy atom. The first kappa shape index (κ1) is 17.0. The number of carbonyl (C=O) groups is 1. The molecule has 0 N–H and O–H groups in total. The van der Waals surface area contributed by atoms with Crippen molar-refractivity contribution >= 4 is 5.91 Å². The van der Waals surface area contributed by atoms with E-state index in [9.17, 15) is 4.79 Å². The third-order valence-electron chi connectivity index (χ3n) is 1.37. The highest BCUT2D eigenvalue weighted by molar-refractivity contribution is 5.77. The summed E-state index contributed by atoms with van der Waals surface area (Å²) in [6.45, 7) is 9.72. The summed E-state index contributed by atoms with van der Waals surface area (Å²) in [6.07, 6.45) is 0.174. The van der Waals surface area contributed by atoms with Crippen LogP contribution in [0.2, 0.25) is 0 Å². The van der Waals surface area contributed by atoms with E-state index >= 15 is 0 Å². The quantitative estimate of drug-likeness (QED) is 0.779. The van der Waals surface area contributed by atoms with Crippen molar-refractivity contribution in [2.75, 3.05) is 14.1 Å². The maximum Gasteiger partial charge on any atom is 0.236 e. The van der Waals surface area contributed by atoms with Gasteiger partial charge >= 0.3 is 0 Å². The Morgan fingerprint density at radius 2 is 1.75 bits per heavy atom. The number of amides is 1. The lowest BCUT2D eigenvalue weighted by molar-refractivity contribution is -0.128. The van der Waals surface area contributed by atoms with Gasteiger partial charge in [0.25, 0.3) is 0 Å². The van der Waals surface area contributed by atoms with Gasteiger partial charge < -0.3 is 9.42 Å². The lowest BCUT2D eigenvalue weighted by Gasteiger charge is -2.06. The minimum absolute atomic E-state index is 0.0429. The molecule has 1 aromatic rings. The van der Waals surface area contributed by atoms with Gasteiger partial charge in [-0.1, -0.05) is 32.9 Å². The van der Waals surface area contributed by atoms with Crippen LogP contribution in [-0.4, -0.2) is 35.0 Å². The lowest BCUT2D eigenvalue weighted by Crippen LogP contribution is -2.23. The molecule has 0 aliphatic rings. The monoisotopic (exact) mass is 229 g/mol. The number of aryl methyl sites for hydroxylation is 1. The number of likely N-dealkylation sites (N-methyl/N-ethyl adjacent to an activating group) is 1. The van der Waals surface area contributed by atoms with Gasteiger partial charge in [0.05, 0.1) is 0 Å². The second-order valence-corrected chi connectivity index (χ2v) is 2.70. The van der Waals surface area contributed by atoms with Crippen LogP contribution in [0.15, 0.2) is 4.52 Å². The molecule has 5 nitrogen and oxygen atoms in total. The van der Waals surface area contributed by atoms with Crippen molar-refractivity contribution in [1.29, 1.82) is 0 Å². The molecule has 0 spiro atoms. The summed E-state index contributed by atoms with van der Waals surface area (Å²) in [4.78, 5) is 16.5. The summed E-state index contributed by atoms with van der Waals surface area (Å²) < 4.78 is 4.78. The minimum Gasteiger partial charge on any atom is -0.348 e. The van der Waals surface area contributed by atoms with E-state index in [2.05, 4.69) is 10.1 Å². The number of rotatable bonds is 2. The van der Waals surface area contributed by atoms with Crippen LogP contribution < -0.4 is 0 Å². The largest absolute Gasteiger partial charge is 0.348 e. The van der Waals surface area contributed by atoms with E-state index in [1.807, 2.05) is 27.7 Å². The third-order valence-corrected chi connectivity index (χ3v) is 1.37. The van der Waals surface area contributed by atoms with Crippen LogP contribution in [0.3, 0.4) is 0 Å². The Bertz CT molecular complexity index is 283. The molecule has 0 saturated heterocycles. The first-order valence-corrected chi connectivity index (χ1v) is 5.59. The molecule has 0 aliphatic heterocycles. The fourth-order valence-electron chi connectivity index (χ4n) is 0.699. The Morgan fingerprint density at radius 3 is 2.06 bits per heavy atom. The Labute approximate surface area is 97.8 Å². The van der Waals surface area contributed by atoms with Crippen molar-refractivity contribution in [3.8, 4) is 0 Å². The zero-order valence-corrected chi connectivity index (χ0v) is 11.4. The molecule has 0 fully saturated rings. The zero-order valence-electron chi connectivity index (χ0n) is 11.4. The summed E-state index contributed by atoms with van der Waals surface area (Å²) in [6, 6.07) is 0. The summed E-state index contributed by atoms with van der Waals surface area (Å²) in [5.74, 6) is 0.876. The van der Waals surface area contributed by atoms with Gasteiger partial charge in [-0.05, 0) is 6.92 Å². The molecule has 0 atom stereocenters. The molecule has 0 aromatic carbocycles. The van der Waals surface area contributed by atoms with Crippen LogP contribution >= 0.6 is 0 Å². The van der Waals surface area contributed by atoms with E-state index in [0.717, 1.165) is 0 Å². The van der Waals surface area contributed by atoms with E-state index in [0.29, 0.717) is 11.7 Å². The number of nitrogens with zero attached hydrogens (tertiary/aromatic N) is 3. The molecule has 1 aromatic heterocycles. The summed E-state index contributed by atoms with van der Waals surface area (Å²) in [5, 5.41) is 3.57. The molecule has 1 rings (SSSR count). The molecule has 0 unspecified atom stereocenters. The number of aromatic nitrogens is 2. The fourth-order valence-corrected chi connectivity index (χ4v) is 0.699. The highest BCUT2D eigenvalue weighted by atomic mass is 16.5. The lowest BCUT2D eigenvalue weighted by atomic mass is 10.4. The average Bonchev–Trinajstić information content (AvgIpc) is 2.69. The average molecular weight is 229 g/mol. The van der Waals surface area contributed by atoms with Gasteiger partial charge in [0.2, 0.25) is 11.8 Å². The summed E-state index contributed by atoms with van der Waals surface area (Å²) in [7, 11) is 3.37. The number of hydrogen-bond donors (Lipinski definition) is 0. The highest BCUT2D eigenvalue weighted by Gasteiger charge is 2.10. The van der Waals surface area contributed by atoms with Crippen LogP contribution in [-0.2, 0) is 11.2 Å². The van der Waals surface area contributed by atoms with E-state index in [4.69, 9.17) is 4.52 Å². The predicted octanol–water partition coefficient (Wildman–Crippen LogP) is 2.06. The van der Waals surface area contributed by atoms with Crippen molar-refractivity contribution < 1.29 is 9.32 Å². The highest BCUT2D eigenvalue weighted by Crippen LogP contribution is 1.98. The van der Waals surface area contributed by atoms with Crippen molar-refractivity contribution in [3.63, 3.8) is 0 Å². The smallest absolute Gasteiger partial charge is 0.236 e. The van der Waals surface area contributed by atoms with Gasteiger partial charge in [-0.3, -0.25) is 4.79 Å². The van der Waals surface area contributed by atoms with Crippen LogP contribution in [0.5, 0.6) is 0 Å². The van der Waals surface area contributed by atoms with Gasteiger partial charge in [0, 0.05) is 14.1 Å². The second kappa shape index (κ2) is 10.1. The van der Waals surface area contributed by atoms with E-state index in [1.165, 1.54) is 4.90 Å². The SMILES string of the molecule is CC.CC.Cc1noc(CC(=O)N(C)C)n1. The van der Waals surface area contributed by atoms with Crippen molar-refractivity contribution in [3.05, 3.63) is 11.7 Å². The standard InChI is InChI=1S/C7H11N3O2.2C2H6/c1-5-8-6(12-9-5)4-7(11)10(2)3;2*1-2/h4H2,1-3H3;2*1-2H3. The van der Waals surface area contributed by atoms with Gasteiger partial charge in [-0.25, -0.2) is 0 Å². The fraction of sp³-hybridized carbons (Fsp3) is 0.727. The Balaban J connectivity index is 0. The molecule has 5 heteroatoms. The van der Waals surface area contributed by atoms with E-state index in [1.54, 1.807) is 21.0 Å². The molecular weight excluding hydrogens is 206 g/mol.